The zero-order chi connectivity index (χ0) is 26.5. The van der Waals surface area contributed by atoms with E-state index < -0.39 is 27.8 Å². The standard InChI is InChI=1S/C28H27F2N3O3S2/c29-23-10-9-22(20-24(23)30)28(21-6-2-1-3-7-21)36-19-18-32-14-16-33(17-15-32)38(34,35)27-12-11-26(37-27)25-8-4-5-13-31-25/h1-13,20,28H,14-19H2/t28-/m0/s1. The molecule has 0 aliphatic carbocycles. The van der Waals surface area contributed by atoms with Crippen molar-refractivity contribution in [2.45, 2.75) is 10.3 Å². The number of ether oxygens (including phenoxy) is 1. The number of aromatic nitrogens is 1. The average Bonchev–Trinajstić information content (AvgIpc) is 3.46. The van der Waals surface area contributed by atoms with Crippen LogP contribution in [0.1, 0.15) is 17.2 Å². The fourth-order valence-electron chi connectivity index (χ4n) is 4.41. The van der Waals surface area contributed by atoms with E-state index in [-0.39, 0.29) is 0 Å². The Morgan fingerprint density at radius 3 is 2.34 bits per heavy atom. The van der Waals surface area contributed by atoms with E-state index in [0.717, 1.165) is 22.2 Å². The molecule has 10 heteroatoms. The smallest absolute Gasteiger partial charge is 0.252 e. The molecule has 0 saturated carbocycles. The number of rotatable bonds is 9. The molecule has 3 heterocycles. The molecule has 1 saturated heterocycles. The highest BCUT2D eigenvalue weighted by Crippen LogP contribution is 2.32. The van der Waals surface area contributed by atoms with Gasteiger partial charge in [-0.25, -0.2) is 17.2 Å². The zero-order valence-electron chi connectivity index (χ0n) is 20.5. The Morgan fingerprint density at radius 1 is 0.868 bits per heavy atom. The predicted molar refractivity (Wildman–Crippen MR) is 143 cm³/mol. The second kappa shape index (κ2) is 11.8. The van der Waals surface area contributed by atoms with E-state index in [4.69, 9.17) is 4.74 Å². The minimum atomic E-state index is -3.59. The third kappa shape index (κ3) is 6.00. The molecule has 4 aromatic rings. The first kappa shape index (κ1) is 26.6. The van der Waals surface area contributed by atoms with Crippen LogP contribution in [0.3, 0.4) is 0 Å². The number of halogens is 2. The Labute approximate surface area is 225 Å². The second-order valence-corrected chi connectivity index (χ2v) is 12.2. The first-order chi connectivity index (χ1) is 18.4. The molecule has 38 heavy (non-hydrogen) atoms. The van der Waals surface area contributed by atoms with E-state index in [1.54, 1.807) is 18.3 Å². The van der Waals surface area contributed by atoms with Gasteiger partial charge in [0.15, 0.2) is 11.6 Å². The summed E-state index contributed by atoms with van der Waals surface area (Å²) in [7, 11) is -3.59. The van der Waals surface area contributed by atoms with Crippen LogP contribution in [-0.4, -0.2) is 61.9 Å². The topological polar surface area (TPSA) is 62.7 Å². The molecule has 1 fully saturated rings. The molecule has 198 valence electrons. The summed E-state index contributed by atoms with van der Waals surface area (Å²) in [6.45, 7) is 2.84. The summed E-state index contributed by atoms with van der Waals surface area (Å²) in [6, 6.07) is 22.2. The Bertz CT molecular complexity index is 1460. The van der Waals surface area contributed by atoms with E-state index in [0.29, 0.717) is 49.1 Å². The summed E-state index contributed by atoms with van der Waals surface area (Å²) in [6.07, 6.45) is 1.15. The Morgan fingerprint density at radius 2 is 1.63 bits per heavy atom. The van der Waals surface area contributed by atoms with Crippen molar-refractivity contribution in [1.82, 2.24) is 14.2 Å². The van der Waals surface area contributed by atoms with Crippen molar-refractivity contribution >= 4 is 21.4 Å². The lowest BCUT2D eigenvalue weighted by Crippen LogP contribution is -2.49. The Balaban J connectivity index is 1.18. The summed E-state index contributed by atoms with van der Waals surface area (Å²) in [5, 5.41) is 0. The SMILES string of the molecule is O=S(=O)(c1ccc(-c2ccccn2)s1)N1CCN(CCO[C@@H](c2ccccc2)c2ccc(F)c(F)c2)CC1. The van der Waals surface area contributed by atoms with Gasteiger partial charge in [-0.2, -0.15) is 4.31 Å². The Hall–Kier alpha value is -3.02. The molecule has 1 aliphatic rings. The van der Waals surface area contributed by atoms with Crippen LogP contribution >= 0.6 is 11.3 Å². The lowest BCUT2D eigenvalue weighted by Gasteiger charge is -2.33. The lowest BCUT2D eigenvalue weighted by molar-refractivity contribution is 0.0525. The summed E-state index contributed by atoms with van der Waals surface area (Å²) in [4.78, 5) is 7.26. The highest BCUT2D eigenvalue weighted by atomic mass is 32.2. The van der Waals surface area contributed by atoms with Gasteiger partial charge in [0.05, 0.1) is 17.2 Å². The van der Waals surface area contributed by atoms with Crippen molar-refractivity contribution in [3.05, 3.63) is 108 Å². The molecule has 0 N–H and O–H groups in total. The molecule has 0 bridgehead atoms. The quantitative estimate of drug-likeness (QED) is 0.284. The molecule has 5 rings (SSSR count). The normalized spacial score (nSPS) is 15.9. The number of hydrogen-bond acceptors (Lipinski definition) is 6. The molecule has 0 radical (unpaired) electrons. The number of sulfonamides is 1. The number of piperazine rings is 1. The van der Waals surface area contributed by atoms with Gasteiger partial charge in [-0.05, 0) is 47.5 Å². The highest BCUT2D eigenvalue weighted by molar-refractivity contribution is 7.91. The fourth-order valence-corrected chi connectivity index (χ4v) is 7.27. The summed E-state index contributed by atoms with van der Waals surface area (Å²) < 4.78 is 61.8. The first-order valence-electron chi connectivity index (χ1n) is 12.3. The van der Waals surface area contributed by atoms with Gasteiger partial charge in [-0.15, -0.1) is 11.3 Å². The van der Waals surface area contributed by atoms with Crippen molar-refractivity contribution in [3.8, 4) is 10.6 Å². The van der Waals surface area contributed by atoms with E-state index in [1.807, 2.05) is 48.5 Å². The maximum Gasteiger partial charge on any atom is 0.252 e. The number of thiophene rings is 1. The van der Waals surface area contributed by atoms with Gasteiger partial charge in [0.25, 0.3) is 10.0 Å². The van der Waals surface area contributed by atoms with Gasteiger partial charge in [0.2, 0.25) is 0 Å². The van der Waals surface area contributed by atoms with Gasteiger partial charge < -0.3 is 4.74 Å². The van der Waals surface area contributed by atoms with Crippen LogP contribution in [0.4, 0.5) is 8.78 Å². The van der Waals surface area contributed by atoms with E-state index in [2.05, 4.69) is 9.88 Å². The molecule has 1 aliphatic heterocycles. The average molecular weight is 556 g/mol. The third-order valence-corrected chi connectivity index (χ3v) is 9.94. The fraction of sp³-hybridized carbons (Fsp3) is 0.250. The van der Waals surface area contributed by atoms with Crippen molar-refractivity contribution < 1.29 is 21.9 Å². The minimum Gasteiger partial charge on any atom is -0.367 e. The predicted octanol–water partition coefficient (Wildman–Crippen LogP) is 5.20. The summed E-state index contributed by atoms with van der Waals surface area (Å²) >= 11 is 1.23. The van der Waals surface area contributed by atoms with E-state index in [9.17, 15) is 17.2 Å². The number of pyridine rings is 1. The molecule has 0 spiro atoms. The van der Waals surface area contributed by atoms with Crippen LogP contribution in [0.2, 0.25) is 0 Å². The monoisotopic (exact) mass is 555 g/mol. The van der Waals surface area contributed by atoms with Crippen molar-refractivity contribution in [1.29, 1.82) is 0 Å². The third-order valence-electron chi connectivity index (χ3n) is 6.46. The maximum absolute atomic E-state index is 13.9. The minimum absolute atomic E-state index is 0.312. The second-order valence-electron chi connectivity index (χ2n) is 8.91. The molecule has 1 atom stereocenters. The molecule has 2 aromatic carbocycles. The maximum atomic E-state index is 13.9. The molecular weight excluding hydrogens is 528 g/mol. The number of benzene rings is 2. The lowest BCUT2D eigenvalue weighted by atomic mass is 10.0. The molecule has 0 unspecified atom stereocenters. The molecular formula is C28H27F2N3O3S2. The van der Waals surface area contributed by atoms with Crippen LogP contribution in [0.15, 0.2) is 89.3 Å². The van der Waals surface area contributed by atoms with Crippen molar-refractivity contribution in [3.63, 3.8) is 0 Å². The van der Waals surface area contributed by atoms with Gasteiger partial charge in [0, 0.05) is 38.9 Å². The first-order valence-corrected chi connectivity index (χ1v) is 14.5. The van der Waals surface area contributed by atoms with Crippen LogP contribution in [0.5, 0.6) is 0 Å². The van der Waals surface area contributed by atoms with E-state index >= 15 is 0 Å². The molecule has 6 nitrogen and oxygen atoms in total. The van der Waals surface area contributed by atoms with Gasteiger partial charge in [-0.1, -0.05) is 42.5 Å². The summed E-state index contributed by atoms with van der Waals surface area (Å²) in [5.74, 6) is -1.81. The van der Waals surface area contributed by atoms with Crippen LogP contribution in [-0.2, 0) is 14.8 Å². The highest BCUT2D eigenvalue weighted by Gasteiger charge is 2.30. The van der Waals surface area contributed by atoms with Crippen LogP contribution in [0, 0.1) is 11.6 Å². The number of hydrogen-bond donors (Lipinski definition) is 0. The van der Waals surface area contributed by atoms with Crippen LogP contribution < -0.4 is 0 Å². The largest absolute Gasteiger partial charge is 0.367 e. The van der Waals surface area contributed by atoms with Gasteiger partial charge in [-0.3, -0.25) is 9.88 Å². The van der Waals surface area contributed by atoms with Crippen molar-refractivity contribution in [2.24, 2.45) is 0 Å². The van der Waals surface area contributed by atoms with E-state index in [1.165, 1.54) is 27.8 Å². The molecule has 0 amide bonds. The Kier molecular flexibility index (Phi) is 8.25. The van der Waals surface area contributed by atoms with Gasteiger partial charge >= 0.3 is 0 Å². The zero-order valence-corrected chi connectivity index (χ0v) is 22.2. The summed E-state index contributed by atoms with van der Waals surface area (Å²) in [5.41, 5.74) is 2.13. The molecule has 2 aromatic heterocycles. The number of nitrogens with zero attached hydrogens (tertiary/aromatic N) is 3. The van der Waals surface area contributed by atoms with Crippen molar-refractivity contribution in [2.75, 3.05) is 39.3 Å². The van der Waals surface area contributed by atoms with Crippen LogP contribution in [0.25, 0.3) is 10.6 Å². The van der Waals surface area contributed by atoms with Gasteiger partial charge in [0.1, 0.15) is 10.3 Å².